The Labute approximate surface area is 85.9 Å². The molecule has 0 aliphatic heterocycles. The fourth-order valence-electron chi connectivity index (χ4n) is 0.950. The number of pyridine rings is 1. The van der Waals surface area contributed by atoms with Crippen LogP contribution in [0.25, 0.3) is 0 Å². The van der Waals surface area contributed by atoms with Crippen LogP contribution in [0.2, 0.25) is 0 Å². The standard InChI is InChI=1S/C9H10ClF2NO/c1-6(14-2)7-3-4-8(13-5-7)9(10,11)12/h3-6H,1-2H3. The summed E-state index contributed by atoms with van der Waals surface area (Å²) in [6.07, 6.45) is 1.17. The molecule has 1 atom stereocenters. The van der Waals surface area contributed by atoms with Crippen LogP contribution in [0.1, 0.15) is 24.3 Å². The van der Waals surface area contributed by atoms with Crippen molar-refractivity contribution in [3.05, 3.63) is 29.6 Å². The Morgan fingerprint density at radius 2 is 2.14 bits per heavy atom. The number of rotatable bonds is 3. The molecule has 0 fully saturated rings. The highest BCUT2D eigenvalue weighted by molar-refractivity contribution is 6.21. The predicted octanol–water partition coefficient (Wildman–Crippen LogP) is 3.08. The molecule has 0 aliphatic rings. The van der Waals surface area contributed by atoms with Gasteiger partial charge in [0.25, 0.3) is 0 Å². The van der Waals surface area contributed by atoms with Gasteiger partial charge in [-0.2, -0.15) is 8.78 Å². The van der Waals surface area contributed by atoms with E-state index < -0.39 is 11.1 Å². The first-order valence-corrected chi connectivity index (χ1v) is 4.39. The molecule has 78 valence electrons. The van der Waals surface area contributed by atoms with Gasteiger partial charge in [-0.05, 0) is 30.2 Å². The molecule has 0 radical (unpaired) electrons. The van der Waals surface area contributed by atoms with Crippen LogP contribution in [0.15, 0.2) is 18.3 Å². The first-order chi connectivity index (χ1) is 6.45. The predicted molar refractivity (Wildman–Crippen MR) is 49.4 cm³/mol. The van der Waals surface area contributed by atoms with Gasteiger partial charge in [0.1, 0.15) is 5.69 Å². The van der Waals surface area contributed by atoms with Crippen LogP contribution < -0.4 is 0 Å². The summed E-state index contributed by atoms with van der Waals surface area (Å²) in [4.78, 5) is 3.56. The number of alkyl halides is 3. The molecule has 5 heteroatoms. The monoisotopic (exact) mass is 221 g/mol. The molecule has 1 aromatic rings. The van der Waals surface area contributed by atoms with Gasteiger partial charge in [-0.1, -0.05) is 6.07 Å². The van der Waals surface area contributed by atoms with Crippen molar-refractivity contribution >= 4 is 11.6 Å². The lowest BCUT2D eigenvalue weighted by Gasteiger charge is -2.11. The molecule has 1 unspecified atom stereocenters. The molecule has 1 rings (SSSR count). The van der Waals surface area contributed by atoms with Gasteiger partial charge in [-0.25, -0.2) is 0 Å². The summed E-state index contributed by atoms with van der Waals surface area (Å²) in [6, 6.07) is 2.71. The van der Waals surface area contributed by atoms with Crippen LogP contribution >= 0.6 is 11.6 Å². The molecule has 0 bridgehead atoms. The van der Waals surface area contributed by atoms with Crippen LogP contribution in [0.4, 0.5) is 8.78 Å². The van der Waals surface area contributed by atoms with E-state index in [4.69, 9.17) is 16.3 Å². The minimum atomic E-state index is -3.41. The molecular formula is C9H10ClF2NO. The van der Waals surface area contributed by atoms with E-state index in [0.717, 1.165) is 5.56 Å². The van der Waals surface area contributed by atoms with E-state index in [2.05, 4.69) is 4.98 Å². The number of ether oxygens (including phenoxy) is 1. The minimum Gasteiger partial charge on any atom is -0.377 e. The SMILES string of the molecule is COC(C)c1ccc(C(F)(F)Cl)nc1. The third-order valence-electron chi connectivity index (χ3n) is 1.90. The van der Waals surface area contributed by atoms with E-state index in [-0.39, 0.29) is 6.10 Å². The van der Waals surface area contributed by atoms with Gasteiger partial charge >= 0.3 is 5.38 Å². The largest absolute Gasteiger partial charge is 0.377 e. The fraction of sp³-hybridized carbons (Fsp3) is 0.444. The van der Waals surface area contributed by atoms with Crippen molar-refractivity contribution in [2.24, 2.45) is 0 Å². The lowest BCUT2D eigenvalue weighted by molar-refractivity contribution is 0.0893. The first-order valence-electron chi connectivity index (χ1n) is 4.01. The molecule has 0 amide bonds. The van der Waals surface area contributed by atoms with Crippen molar-refractivity contribution in [1.29, 1.82) is 0 Å². The lowest BCUT2D eigenvalue weighted by atomic mass is 10.2. The second-order valence-corrected chi connectivity index (χ2v) is 3.33. The highest BCUT2D eigenvalue weighted by Crippen LogP contribution is 2.31. The maximum absolute atomic E-state index is 12.5. The van der Waals surface area contributed by atoms with E-state index in [1.807, 2.05) is 0 Å². The third kappa shape index (κ3) is 2.62. The van der Waals surface area contributed by atoms with Gasteiger partial charge in [0.2, 0.25) is 0 Å². The Balaban J connectivity index is 2.89. The molecule has 14 heavy (non-hydrogen) atoms. The maximum atomic E-state index is 12.5. The molecule has 1 heterocycles. The molecule has 0 saturated heterocycles. The summed E-state index contributed by atoms with van der Waals surface area (Å²) in [7, 11) is 1.54. The summed E-state index contributed by atoms with van der Waals surface area (Å²) in [5.41, 5.74) is 0.281. The first kappa shape index (κ1) is 11.3. The smallest absolute Gasteiger partial charge is 0.364 e. The van der Waals surface area contributed by atoms with Crippen LogP contribution in [0, 0.1) is 0 Å². The highest BCUT2D eigenvalue weighted by Gasteiger charge is 2.29. The Kier molecular flexibility index (Phi) is 3.39. The van der Waals surface area contributed by atoms with Crippen molar-refractivity contribution < 1.29 is 13.5 Å². The molecular weight excluding hydrogens is 212 g/mol. The molecule has 0 saturated carbocycles. The Morgan fingerprint density at radius 1 is 1.50 bits per heavy atom. The number of aromatic nitrogens is 1. The van der Waals surface area contributed by atoms with E-state index >= 15 is 0 Å². The summed E-state index contributed by atoms with van der Waals surface area (Å²) < 4.78 is 30.1. The van der Waals surface area contributed by atoms with Crippen LogP contribution in [0.5, 0.6) is 0 Å². The van der Waals surface area contributed by atoms with E-state index in [0.29, 0.717) is 0 Å². The molecule has 0 aliphatic carbocycles. The van der Waals surface area contributed by atoms with Gasteiger partial charge in [0, 0.05) is 13.3 Å². The Morgan fingerprint density at radius 3 is 2.50 bits per heavy atom. The van der Waals surface area contributed by atoms with Gasteiger partial charge in [-0.15, -0.1) is 0 Å². The van der Waals surface area contributed by atoms with Crippen LogP contribution in [-0.2, 0) is 10.1 Å². The van der Waals surface area contributed by atoms with Gasteiger partial charge < -0.3 is 4.74 Å². The topological polar surface area (TPSA) is 22.1 Å². The second-order valence-electron chi connectivity index (χ2n) is 2.85. The molecule has 0 spiro atoms. The molecule has 0 aromatic carbocycles. The Hall–Kier alpha value is -0.740. The summed E-state index contributed by atoms with van der Waals surface area (Å²) >= 11 is 4.80. The zero-order valence-corrected chi connectivity index (χ0v) is 8.55. The lowest BCUT2D eigenvalue weighted by Crippen LogP contribution is -2.07. The second kappa shape index (κ2) is 4.19. The molecule has 0 N–H and O–H groups in total. The Bertz CT molecular complexity index is 297. The fourth-order valence-corrected chi connectivity index (χ4v) is 1.06. The van der Waals surface area contributed by atoms with Crippen LogP contribution in [0.3, 0.4) is 0 Å². The summed E-state index contributed by atoms with van der Waals surface area (Å²) in [5.74, 6) is 0. The zero-order valence-electron chi connectivity index (χ0n) is 7.80. The van der Waals surface area contributed by atoms with E-state index in [1.54, 1.807) is 6.92 Å². The van der Waals surface area contributed by atoms with Crippen molar-refractivity contribution in [2.75, 3.05) is 7.11 Å². The maximum Gasteiger partial charge on any atom is 0.364 e. The van der Waals surface area contributed by atoms with Gasteiger partial charge in [-0.3, -0.25) is 4.98 Å². The van der Waals surface area contributed by atoms with E-state index in [9.17, 15) is 8.78 Å². The number of hydrogen-bond donors (Lipinski definition) is 0. The van der Waals surface area contributed by atoms with Gasteiger partial charge in [0.15, 0.2) is 0 Å². The molecule has 2 nitrogen and oxygen atoms in total. The van der Waals surface area contributed by atoms with Crippen molar-refractivity contribution in [3.8, 4) is 0 Å². The minimum absolute atomic E-state index is 0.166. The number of hydrogen-bond acceptors (Lipinski definition) is 2. The summed E-state index contributed by atoms with van der Waals surface area (Å²) in [6.45, 7) is 1.80. The van der Waals surface area contributed by atoms with Crippen molar-refractivity contribution in [1.82, 2.24) is 4.98 Å². The zero-order chi connectivity index (χ0) is 10.8. The highest BCUT2D eigenvalue weighted by atomic mass is 35.5. The average Bonchev–Trinajstić information content (AvgIpc) is 2.15. The average molecular weight is 222 g/mol. The normalized spacial score (nSPS) is 14.1. The number of nitrogens with zero attached hydrogens (tertiary/aromatic N) is 1. The van der Waals surface area contributed by atoms with Gasteiger partial charge in [0.05, 0.1) is 6.10 Å². The van der Waals surface area contributed by atoms with Crippen molar-refractivity contribution in [2.45, 2.75) is 18.4 Å². The van der Waals surface area contributed by atoms with E-state index in [1.165, 1.54) is 25.4 Å². The summed E-state index contributed by atoms with van der Waals surface area (Å²) in [5, 5.41) is -3.41. The number of halogens is 3. The third-order valence-corrected chi connectivity index (χ3v) is 2.09. The number of methoxy groups -OCH3 is 1. The van der Waals surface area contributed by atoms with Crippen molar-refractivity contribution in [3.63, 3.8) is 0 Å². The quantitative estimate of drug-likeness (QED) is 0.732. The van der Waals surface area contributed by atoms with Crippen LogP contribution in [-0.4, -0.2) is 12.1 Å². The molecule has 1 aromatic heterocycles.